The maximum Gasteiger partial charge on any atom is 0.219 e. The lowest BCUT2D eigenvalue weighted by Gasteiger charge is -2.53. The van der Waals surface area contributed by atoms with Crippen LogP contribution in [-0.2, 0) is 4.79 Å². The lowest BCUT2D eigenvalue weighted by atomic mass is 9.61. The van der Waals surface area contributed by atoms with Crippen LogP contribution in [0.2, 0.25) is 0 Å². The monoisotopic (exact) mass is 254 g/mol. The fourth-order valence-electron chi connectivity index (χ4n) is 3.95. The summed E-state index contributed by atoms with van der Waals surface area (Å²) >= 11 is 0. The van der Waals surface area contributed by atoms with Crippen LogP contribution in [0.4, 0.5) is 0 Å². The Morgan fingerprint density at radius 2 is 1.33 bits per heavy atom. The summed E-state index contributed by atoms with van der Waals surface area (Å²) in [5.41, 5.74) is -0.294. The molecule has 0 bridgehead atoms. The summed E-state index contributed by atoms with van der Waals surface area (Å²) < 4.78 is 0. The zero-order chi connectivity index (χ0) is 14.7. The van der Waals surface area contributed by atoms with Gasteiger partial charge in [-0.15, -0.1) is 0 Å². The Bertz CT molecular complexity index is 371. The van der Waals surface area contributed by atoms with E-state index in [0.717, 1.165) is 0 Å². The van der Waals surface area contributed by atoms with Gasteiger partial charge in [0.05, 0.1) is 5.54 Å². The number of carbonyl (C=O) groups is 1. The molecule has 3 heteroatoms. The Morgan fingerprint density at radius 3 is 1.56 bits per heavy atom. The highest BCUT2D eigenvalue weighted by Gasteiger charge is 2.70. The molecule has 0 aromatic heterocycles. The highest BCUT2D eigenvalue weighted by molar-refractivity contribution is 5.74. The number of nitrogens with zero attached hydrogens (tertiary/aromatic N) is 2. The standard InChI is InChI=1S/C15H30N2O/c1-11(18)16(9)15(8)12(2,3)13(4,5)17(10)14(15,6)7/h1-10H3. The zero-order valence-electron chi connectivity index (χ0n) is 13.8. The Hall–Kier alpha value is -0.570. The van der Waals surface area contributed by atoms with Crippen molar-refractivity contribution in [3.05, 3.63) is 0 Å². The van der Waals surface area contributed by atoms with E-state index in [1.54, 1.807) is 6.92 Å². The van der Waals surface area contributed by atoms with Gasteiger partial charge in [-0.05, 0) is 41.7 Å². The Morgan fingerprint density at radius 1 is 0.944 bits per heavy atom. The van der Waals surface area contributed by atoms with E-state index in [2.05, 4.69) is 60.4 Å². The quantitative estimate of drug-likeness (QED) is 0.718. The lowest BCUT2D eigenvalue weighted by Crippen LogP contribution is -2.65. The predicted molar refractivity (Wildman–Crippen MR) is 76.6 cm³/mol. The summed E-state index contributed by atoms with van der Waals surface area (Å²) in [4.78, 5) is 16.3. The van der Waals surface area contributed by atoms with Gasteiger partial charge in [0.1, 0.15) is 0 Å². The van der Waals surface area contributed by atoms with E-state index in [1.165, 1.54) is 0 Å². The molecule has 1 saturated heterocycles. The van der Waals surface area contributed by atoms with E-state index in [0.29, 0.717) is 0 Å². The third-order valence-electron chi connectivity index (χ3n) is 6.76. The van der Waals surface area contributed by atoms with Gasteiger partial charge in [0.2, 0.25) is 5.91 Å². The first kappa shape index (κ1) is 15.5. The van der Waals surface area contributed by atoms with Crippen LogP contribution in [0.15, 0.2) is 0 Å². The van der Waals surface area contributed by atoms with Crippen LogP contribution in [0.5, 0.6) is 0 Å². The third kappa shape index (κ3) is 1.37. The molecule has 0 aliphatic carbocycles. The molecule has 0 aromatic rings. The van der Waals surface area contributed by atoms with Crippen LogP contribution >= 0.6 is 0 Å². The summed E-state index contributed by atoms with van der Waals surface area (Å²) in [7, 11) is 4.10. The number of likely N-dealkylation sites (N-methyl/N-ethyl adjacent to an activating group) is 2. The summed E-state index contributed by atoms with van der Waals surface area (Å²) in [5.74, 6) is 0.129. The van der Waals surface area contributed by atoms with Crippen molar-refractivity contribution in [1.29, 1.82) is 0 Å². The first-order chi connectivity index (χ1) is 7.76. The smallest absolute Gasteiger partial charge is 0.219 e. The van der Waals surface area contributed by atoms with Crippen molar-refractivity contribution in [2.24, 2.45) is 5.41 Å². The largest absolute Gasteiger partial charge is 0.338 e. The number of likely N-dealkylation sites (tertiary alicyclic amines) is 1. The molecule has 0 N–H and O–H groups in total. The zero-order valence-corrected chi connectivity index (χ0v) is 13.8. The van der Waals surface area contributed by atoms with Crippen LogP contribution < -0.4 is 0 Å². The molecule has 1 fully saturated rings. The van der Waals surface area contributed by atoms with Crippen molar-refractivity contribution in [2.75, 3.05) is 14.1 Å². The first-order valence-corrected chi connectivity index (χ1v) is 6.74. The van der Waals surface area contributed by atoms with Gasteiger partial charge < -0.3 is 4.90 Å². The van der Waals surface area contributed by atoms with Crippen molar-refractivity contribution >= 4 is 5.91 Å². The molecule has 1 heterocycles. The molecule has 0 spiro atoms. The predicted octanol–water partition coefficient (Wildman–Crippen LogP) is 2.75. The molecule has 1 amide bonds. The van der Waals surface area contributed by atoms with Crippen molar-refractivity contribution in [3.8, 4) is 0 Å². The fourth-order valence-corrected chi connectivity index (χ4v) is 3.95. The van der Waals surface area contributed by atoms with Crippen molar-refractivity contribution in [1.82, 2.24) is 9.80 Å². The number of hydrogen-bond acceptors (Lipinski definition) is 2. The average Bonchev–Trinajstić information content (AvgIpc) is 2.29. The van der Waals surface area contributed by atoms with Crippen LogP contribution in [-0.4, -0.2) is 46.4 Å². The van der Waals surface area contributed by atoms with Crippen LogP contribution in [0, 0.1) is 5.41 Å². The van der Waals surface area contributed by atoms with Gasteiger partial charge in [-0.3, -0.25) is 9.69 Å². The molecule has 1 atom stereocenters. The highest BCUT2D eigenvalue weighted by atomic mass is 16.2. The van der Waals surface area contributed by atoms with Gasteiger partial charge in [0.15, 0.2) is 0 Å². The molecular formula is C15H30N2O. The number of rotatable bonds is 1. The van der Waals surface area contributed by atoms with E-state index >= 15 is 0 Å². The van der Waals surface area contributed by atoms with Gasteiger partial charge in [-0.25, -0.2) is 0 Å². The fraction of sp³-hybridized carbons (Fsp3) is 0.933. The van der Waals surface area contributed by atoms with Crippen molar-refractivity contribution in [3.63, 3.8) is 0 Å². The van der Waals surface area contributed by atoms with E-state index in [4.69, 9.17) is 0 Å². The van der Waals surface area contributed by atoms with Gasteiger partial charge >= 0.3 is 0 Å². The van der Waals surface area contributed by atoms with E-state index < -0.39 is 0 Å². The average molecular weight is 254 g/mol. The summed E-state index contributed by atoms with van der Waals surface area (Å²) in [6, 6.07) is 0. The van der Waals surface area contributed by atoms with Crippen LogP contribution in [0.25, 0.3) is 0 Å². The first-order valence-electron chi connectivity index (χ1n) is 6.74. The summed E-state index contributed by atoms with van der Waals surface area (Å²) in [6.45, 7) is 17.4. The number of hydrogen-bond donors (Lipinski definition) is 0. The van der Waals surface area contributed by atoms with Crippen LogP contribution in [0.3, 0.4) is 0 Å². The van der Waals surface area contributed by atoms with Gasteiger partial charge in [0, 0.05) is 30.5 Å². The number of carbonyl (C=O) groups excluding carboxylic acids is 1. The van der Waals surface area contributed by atoms with Gasteiger partial charge in [-0.1, -0.05) is 13.8 Å². The summed E-state index contributed by atoms with van der Waals surface area (Å²) in [5, 5.41) is 0. The molecule has 106 valence electrons. The highest BCUT2D eigenvalue weighted by Crippen LogP contribution is 2.60. The van der Waals surface area contributed by atoms with E-state index in [1.807, 2.05) is 11.9 Å². The molecular weight excluding hydrogens is 224 g/mol. The molecule has 3 nitrogen and oxygen atoms in total. The minimum absolute atomic E-state index is 0.0152. The molecule has 1 aliphatic heterocycles. The van der Waals surface area contributed by atoms with Crippen molar-refractivity contribution < 1.29 is 4.79 Å². The van der Waals surface area contributed by atoms with Crippen molar-refractivity contribution in [2.45, 2.75) is 72.0 Å². The van der Waals surface area contributed by atoms with Gasteiger partial charge in [0.25, 0.3) is 0 Å². The normalized spacial score (nSPS) is 33.4. The Balaban J connectivity index is 3.55. The third-order valence-corrected chi connectivity index (χ3v) is 6.76. The second-order valence-electron chi connectivity index (χ2n) is 7.45. The molecule has 0 saturated carbocycles. The maximum absolute atomic E-state index is 11.9. The Kier molecular flexibility index (Phi) is 3.20. The minimum atomic E-state index is -0.218. The molecule has 1 aliphatic rings. The number of amides is 1. The maximum atomic E-state index is 11.9. The van der Waals surface area contributed by atoms with Crippen LogP contribution in [0.1, 0.15) is 55.4 Å². The minimum Gasteiger partial charge on any atom is -0.338 e. The van der Waals surface area contributed by atoms with Gasteiger partial charge in [-0.2, -0.15) is 0 Å². The molecule has 0 aromatic carbocycles. The molecule has 18 heavy (non-hydrogen) atoms. The Labute approximate surface area is 113 Å². The molecule has 1 rings (SSSR count). The van der Waals surface area contributed by atoms with E-state index in [-0.39, 0.29) is 27.9 Å². The molecule has 0 radical (unpaired) electrons. The lowest BCUT2D eigenvalue weighted by molar-refractivity contribution is -0.140. The topological polar surface area (TPSA) is 23.6 Å². The summed E-state index contributed by atoms with van der Waals surface area (Å²) in [6.07, 6.45) is 0. The van der Waals surface area contributed by atoms with E-state index in [9.17, 15) is 4.79 Å². The SMILES string of the molecule is CC(=O)N(C)C1(C)C(C)(C)N(C)C(C)(C)C1(C)C. The second-order valence-corrected chi connectivity index (χ2v) is 7.45. The molecule has 1 unspecified atom stereocenters. The second kappa shape index (κ2) is 3.72.